The van der Waals surface area contributed by atoms with Crippen molar-refractivity contribution in [1.29, 1.82) is 0 Å². The van der Waals surface area contributed by atoms with Crippen LogP contribution in [0.3, 0.4) is 0 Å². The molecule has 2 rings (SSSR count). The van der Waals surface area contributed by atoms with E-state index in [4.69, 9.17) is 4.74 Å². The number of nitrogens with one attached hydrogen (secondary N) is 2. The number of carbonyl (C=O) groups is 1. The van der Waals surface area contributed by atoms with Gasteiger partial charge in [-0.1, -0.05) is 17.4 Å². The van der Waals surface area contributed by atoms with Gasteiger partial charge in [-0.25, -0.2) is 0 Å². The van der Waals surface area contributed by atoms with Gasteiger partial charge < -0.3 is 20.1 Å². The van der Waals surface area contributed by atoms with Gasteiger partial charge in [0.25, 0.3) is 5.91 Å². The lowest BCUT2D eigenvalue weighted by Gasteiger charge is -2.08. The Morgan fingerprint density at radius 3 is 2.95 bits per heavy atom. The zero-order valence-electron chi connectivity index (χ0n) is 10.1. The van der Waals surface area contributed by atoms with Gasteiger partial charge in [-0.2, -0.15) is 0 Å². The van der Waals surface area contributed by atoms with Gasteiger partial charge in [0.15, 0.2) is 11.5 Å². The number of phenolic OH excluding ortho intramolecular Hbond substituents is 1. The topological polar surface area (TPSA) is 91.4 Å². The quantitative estimate of drug-likeness (QED) is 0.781. The maximum absolute atomic E-state index is 11.9. The molecule has 100 valence electrons. The summed E-state index contributed by atoms with van der Waals surface area (Å²) in [6.07, 6.45) is 0. The standard InChI is InChI=1S/C12H12N2O4S/c1-18-9-4-2-3-8(10(9)15)11(16)13-5-7-6-19-12(17)14-7/h2-4,6,15H,5H2,1H3,(H,13,16)(H,14,17). The van der Waals surface area contributed by atoms with Gasteiger partial charge in [0.2, 0.25) is 0 Å². The van der Waals surface area contributed by atoms with Crippen molar-refractivity contribution < 1.29 is 14.6 Å². The van der Waals surface area contributed by atoms with Crippen molar-refractivity contribution in [2.75, 3.05) is 7.11 Å². The van der Waals surface area contributed by atoms with Crippen molar-refractivity contribution in [3.63, 3.8) is 0 Å². The Morgan fingerprint density at radius 2 is 2.32 bits per heavy atom. The van der Waals surface area contributed by atoms with E-state index >= 15 is 0 Å². The number of para-hydroxylation sites is 1. The Kier molecular flexibility index (Phi) is 3.86. The van der Waals surface area contributed by atoms with E-state index in [9.17, 15) is 14.7 Å². The molecule has 6 nitrogen and oxygen atoms in total. The molecular formula is C12H12N2O4S. The molecule has 0 bridgehead atoms. The van der Waals surface area contributed by atoms with Crippen molar-refractivity contribution in [1.82, 2.24) is 10.3 Å². The smallest absolute Gasteiger partial charge is 0.304 e. The van der Waals surface area contributed by atoms with Crippen LogP contribution in [0.2, 0.25) is 0 Å². The minimum Gasteiger partial charge on any atom is -0.504 e. The van der Waals surface area contributed by atoms with E-state index in [1.807, 2.05) is 0 Å². The first-order valence-corrected chi connectivity index (χ1v) is 6.30. The highest BCUT2D eigenvalue weighted by Crippen LogP contribution is 2.29. The van der Waals surface area contributed by atoms with Crippen molar-refractivity contribution >= 4 is 17.2 Å². The van der Waals surface area contributed by atoms with Crippen LogP contribution in [0, 0.1) is 0 Å². The number of amides is 1. The number of carbonyl (C=O) groups excluding carboxylic acids is 1. The lowest BCUT2D eigenvalue weighted by Crippen LogP contribution is -2.23. The molecule has 7 heteroatoms. The zero-order valence-corrected chi connectivity index (χ0v) is 10.9. The largest absolute Gasteiger partial charge is 0.504 e. The van der Waals surface area contributed by atoms with Gasteiger partial charge in [-0.05, 0) is 12.1 Å². The van der Waals surface area contributed by atoms with Crippen molar-refractivity contribution in [3.8, 4) is 11.5 Å². The lowest BCUT2D eigenvalue weighted by atomic mass is 10.1. The molecule has 1 aromatic carbocycles. The van der Waals surface area contributed by atoms with E-state index < -0.39 is 5.91 Å². The summed E-state index contributed by atoms with van der Waals surface area (Å²) in [5.74, 6) is -0.415. The third-order valence-corrected chi connectivity index (χ3v) is 3.19. The number of aromatic amines is 1. The number of benzene rings is 1. The Morgan fingerprint density at radius 1 is 1.53 bits per heavy atom. The van der Waals surface area contributed by atoms with Gasteiger partial charge in [0.1, 0.15) is 0 Å². The summed E-state index contributed by atoms with van der Waals surface area (Å²) in [6, 6.07) is 4.66. The molecule has 2 aromatic rings. The maximum Gasteiger partial charge on any atom is 0.304 e. The predicted octanol–water partition coefficient (Wildman–Crippen LogP) is 1.08. The fourth-order valence-corrected chi connectivity index (χ4v) is 2.12. The molecule has 0 saturated heterocycles. The van der Waals surface area contributed by atoms with Gasteiger partial charge in [-0.15, -0.1) is 0 Å². The number of hydrogen-bond acceptors (Lipinski definition) is 5. The second-order valence-corrected chi connectivity index (χ2v) is 4.55. The molecule has 3 N–H and O–H groups in total. The Bertz CT molecular complexity index is 647. The van der Waals surface area contributed by atoms with Crippen LogP contribution < -0.4 is 14.9 Å². The third kappa shape index (κ3) is 2.94. The lowest BCUT2D eigenvalue weighted by molar-refractivity contribution is 0.0947. The first-order chi connectivity index (χ1) is 9.11. The van der Waals surface area contributed by atoms with Gasteiger partial charge in [0.05, 0.1) is 19.2 Å². The molecule has 0 unspecified atom stereocenters. The highest BCUT2D eigenvalue weighted by Gasteiger charge is 2.14. The van der Waals surface area contributed by atoms with Gasteiger partial charge >= 0.3 is 4.87 Å². The van der Waals surface area contributed by atoms with Crippen LogP contribution in [-0.2, 0) is 6.54 Å². The summed E-state index contributed by atoms with van der Waals surface area (Å²) in [6.45, 7) is 0.189. The fourth-order valence-electron chi connectivity index (χ4n) is 1.54. The minimum absolute atomic E-state index is 0.122. The number of methoxy groups -OCH3 is 1. The van der Waals surface area contributed by atoms with Crippen LogP contribution in [0.1, 0.15) is 16.1 Å². The molecule has 0 atom stereocenters. The summed E-state index contributed by atoms with van der Waals surface area (Å²) in [4.78, 5) is 25.2. The third-order valence-electron chi connectivity index (χ3n) is 2.47. The van der Waals surface area contributed by atoms with Crippen LogP contribution in [0.5, 0.6) is 11.5 Å². The predicted molar refractivity (Wildman–Crippen MR) is 70.8 cm³/mol. The van der Waals surface area contributed by atoms with Gasteiger partial charge in [-0.3, -0.25) is 9.59 Å². The van der Waals surface area contributed by atoms with Crippen molar-refractivity contribution in [2.45, 2.75) is 6.54 Å². The van der Waals surface area contributed by atoms with E-state index in [2.05, 4.69) is 10.3 Å². The Balaban J connectivity index is 2.10. The molecule has 0 aliphatic rings. The highest BCUT2D eigenvalue weighted by atomic mass is 32.1. The Labute approximate surface area is 112 Å². The molecule has 0 aliphatic carbocycles. The summed E-state index contributed by atoms with van der Waals surface area (Å²) >= 11 is 1.03. The van der Waals surface area contributed by atoms with Crippen LogP contribution >= 0.6 is 11.3 Å². The molecule has 0 fully saturated rings. The summed E-state index contributed by atoms with van der Waals surface area (Å²) in [5.41, 5.74) is 0.739. The van der Waals surface area contributed by atoms with E-state index in [-0.39, 0.29) is 28.5 Å². The van der Waals surface area contributed by atoms with Crippen LogP contribution in [0.4, 0.5) is 0 Å². The van der Waals surface area contributed by atoms with E-state index in [1.165, 1.54) is 13.2 Å². The molecule has 19 heavy (non-hydrogen) atoms. The van der Waals surface area contributed by atoms with Crippen LogP contribution in [0.15, 0.2) is 28.4 Å². The van der Waals surface area contributed by atoms with Crippen LogP contribution in [-0.4, -0.2) is 23.1 Å². The van der Waals surface area contributed by atoms with Crippen molar-refractivity contribution in [3.05, 3.63) is 44.5 Å². The average molecular weight is 280 g/mol. The minimum atomic E-state index is -0.441. The molecule has 0 aliphatic heterocycles. The first-order valence-electron chi connectivity index (χ1n) is 5.42. The second-order valence-electron chi connectivity index (χ2n) is 3.71. The fraction of sp³-hybridized carbons (Fsp3) is 0.167. The van der Waals surface area contributed by atoms with Crippen molar-refractivity contribution in [2.24, 2.45) is 0 Å². The number of phenols is 1. The summed E-state index contributed by atoms with van der Waals surface area (Å²) in [7, 11) is 1.41. The number of ether oxygens (including phenoxy) is 1. The second kappa shape index (κ2) is 5.57. The van der Waals surface area contributed by atoms with E-state index in [0.717, 1.165) is 11.3 Å². The summed E-state index contributed by atoms with van der Waals surface area (Å²) < 4.78 is 4.93. The molecular weight excluding hydrogens is 268 g/mol. The molecule has 1 aromatic heterocycles. The highest BCUT2D eigenvalue weighted by molar-refractivity contribution is 7.07. The SMILES string of the molecule is COc1cccc(C(=O)NCc2csc(=O)[nH]2)c1O. The van der Waals surface area contributed by atoms with E-state index in [1.54, 1.807) is 17.5 Å². The summed E-state index contributed by atoms with van der Waals surface area (Å²) in [5, 5.41) is 14.1. The number of H-pyrrole nitrogens is 1. The number of aromatic hydroxyl groups is 1. The average Bonchev–Trinajstić information content (AvgIpc) is 2.82. The number of aromatic nitrogens is 1. The number of hydrogen-bond donors (Lipinski definition) is 3. The first kappa shape index (κ1) is 13.2. The zero-order chi connectivity index (χ0) is 13.8. The van der Waals surface area contributed by atoms with Crippen LogP contribution in [0.25, 0.3) is 0 Å². The normalized spacial score (nSPS) is 10.2. The number of rotatable bonds is 4. The molecule has 1 amide bonds. The monoisotopic (exact) mass is 280 g/mol. The Hall–Kier alpha value is -2.28. The molecule has 1 heterocycles. The molecule has 0 spiro atoms. The maximum atomic E-state index is 11.9. The molecule has 0 radical (unpaired) electrons. The molecule has 0 saturated carbocycles. The van der Waals surface area contributed by atoms with Gasteiger partial charge in [0, 0.05) is 11.1 Å². The van der Waals surface area contributed by atoms with E-state index in [0.29, 0.717) is 5.69 Å². The number of thiazole rings is 1.